The smallest absolute Gasteiger partial charge is 0.455 e. The number of amides is 1. The van der Waals surface area contributed by atoms with Gasteiger partial charge in [0.25, 0.3) is 5.91 Å². The van der Waals surface area contributed by atoms with Gasteiger partial charge in [-0.25, -0.2) is 14.4 Å². The number of benzene rings is 3. The molecule has 3 aromatic carbocycles. The molecule has 0 aromatic heterocycles. The average molecular weight is 1030 g/mol. The Kier molecular flexibility index (Phi) is 14.9. The van der Waals surface area contributed by atoms with Crippen LogP contribution >= 0.6 is 34.8 Å². The summed E-state index contributed by atoms with van der Waals surface area (Å²) < 4.78 is 39.2. The van der Waals surface area contributed by atoms with Crippen molar-refractivity contribution in [3.8, 4) is 0 Å². The summed E-state index contributed by atoms with van der Waals surface area (Å²) in [6.07, 6.45) is -12.7. The fraction of sp³-hybridized carbons (Fsp3) is 0.460. The number of hydrogen-bond acceptors (Lipinski definition) is 16. The molecule has 3 aliphatic carbocycles. The highest BCUT2D eigenvalue weighted by Gasteiger charge is 2.78. The summed E-state index contributed by atoms with van der Waals surface area (Å²) in [5.74, 6) is -7.36. The molecule has 3 fully saturated rings. The summed E-state index contributed by atoms with van der Waals surface area (Å²) in [6.45, 7) is 6.85. The van der Waals surface area contributed by atoms with Crippen LogP contribution in [-0.4, -0.2) is 117 Å². The van der Waals surface area contributed by atoms with Crippen LogP contribution in [0.2, 0.25) is 0 Å². The molecule has 11 atom stereocenters. The minimum atomic E-state index is -2.51. The van der Waals surface area contributed by atoms with Crippen LogP contribution in [0.25, 0.3) is 0 Å². The standard InChI is InChI=1S/C50H52Cl3NO16/c1-26-32(67-44(61)38(68-45(62)65-25-50(51,52)53)36(29-16-10-7-11-17-29)54-42(59)30-18-12-8-13-19-30)23-49(63)41(69-43(60)31-20-14-9-15-21-31)39-47(6,33(57)22-34-48(39,24-64-34)70-28(3)56)40(58)37(66-27(2)55)35(26)46(49,4)5/h7-21,32-34,36-39,41,57,63H,22-25H2,1-6H3,(H,54,59). The van der Waals surface area contributed by atoms with Crippen molar-refractivity contribution >= 4 is 76.5 Å². The lowest BCUT2D eigenvalue weighted by molar-refractivity contribution is -0.346. The number of aliphatic hydroxyl groups excluding tert-OH is 1. The molecule has 3 N–H and O–H groups in total. The summed E-state index contributed by atoms with van der Waals surface area (Å²) in [6, 6.07) is 22.0. The van der Waals surface area contributed by atoms with Crippen molar-refractivity contribution in [1.29, 1.82) is 0 Å². The Balaban J connectivity index is 1.42. The van der Waals surface area contributed by atoms with E-state index in [1.807, 2.05) is 0 Å². The quantitative estimate of drug-likeness (QED) is 0.0785. The van der Waals surface area contributed by atoms with Crippen LogP contribution in [-0.2, 0) is 52.3 Å². The third-order valence-electron chi connectivity index (χ3n) is 14.0. The highest BCUT2D eigenvalue weighted by molar-refractivity contribution is 6.67. The molecule has 1 amide bonds. The number of carbonyl (C=O) groups is 7. The predicted molar refractivity (Wildman–Crippen MR) is 248 cm³/mol. The van der Waals surface area contributed by atoms with Gasteiger partial charge in [-0.3, -0.25) is 19.2 Å². The second-order valence-corrected chi connectivity index (χ2v) is 21.1. The zero-order valence-electron chi connectivity index (χ0n) is 38.9. The third-order valence-corrected chi connectivity index (χ3v) is 14.4. The molecule has 1 saturated heterocycles. The van der Waals surface area contributed by atoms with Crippen molar-refractivity contribution in [2.45, 2.75) is 112 Å². The number of alkyl halides is 3. The van der Waals surface area contributed by atoms with Gasteiger partial charge in [0.1, 0.15) is 36.6 Å². The van der Waals surface area contributed by atoms with E-state index in [0.29, 0.717) is 0 Å². The minimum absolute atomic E-state index is 0.0212. The van der Waals surface area contributed by atoms with Crippen LogP contribution in [0.3, 0.4) is 0 Å². The lowest BCUT2D eigenvalue weighted by atomic mass is 9.44. The van der Waals surface area contributed by atoms with Gasteiger partial charge in [0.05, 0.1) is 29.6 Å². The van der Waals surface area contributed by atoms with Crippen molar-refractivity contribution in [3.63, 3.8) is 0 Å². The normalized spacial score (nSPS) is 29.7. The first-order valence-electron chi connectivity index (χ1n) is 22.3. The maximum Gasteiger partial charge on any atom is 0.509 e. The highest BCUT2D eigenvalue weighted by Crippen LogP contribution is 2.64. The Bertz CT molecular complexity index is 2560. The van der Waals surface area contributed by atoms with Crippen molar-refractivity contribution in [2.75, 3.05) is 13.2 Å². The van der Waals surface area contributed by atoms with E-state index in [1.165, 1.54) is 64.1 Å². The molecule has 0 radical (unpaired) electrons. The fourth-order valence-electron chi connectivity index (χ4n) is 10.6. The first-order chi connectivity index (χ1) is 32.9. The summed E-state index contributed by atoms with van der Waals surface area (Å²) >= 11 is 17.6. The number of esters is 4. The molecule has 1 heterocycles. The number of Topliss-reactive ketones (excluding diaryl/α,β-unsaturated/α-hetero) is 1. The van der Waals surface area contributed by atoms with Crippen LogP contribution in [0.4, 0.5) is 4.79 Å². The largest absolute Gasteiger partial charge is 0.509 e. The molecule has 4 aliphatic rings. The average Bonchev–Trinajstić information content (AvgIpc) is 3.30. The van der Waals surface area contributed by atoms with Crippen molar-refractivity contribution in [2.24, 2.45) is 16.7 Å². The van der Waals surface area contributed by atoms with Gasteiger partial charge < -0.3 is 48.7 Å². The summed E-state index contributed by atoms with van der Waals surface area (Å²) in [7, 11) is 0. The topological polar surface area (TPSA) is 237 Å². The summed E-state index contributed by atoms with van der Waals surface area (Å²) in [5.41, 5.74) is -7.83. The molecular formula is C50H52Cl3NO16. The molecule has 20 heteroatoms. The van der Waals surface area contributed by atoms with Crippen LogP contribution in [0.15, 0.2) is 102 Å². The molecule has 11 unspecified atom stereocenters. The zero-order valence-corrected chi connectivity index (χ0v) is 41.1. The Labute approximate surface area is 417 Å². The van der Waals surface area contributed by atoms with Gasteiger partial charge in [-0.1, -0.05) is 115 Å². The van der Waals surface area contributed by atoms with Gasteiger partial charge in [0.2, 0.25) is 9.90 Å². The number of carbonyl (C=O) groups excluding carboxylic acids is 7. The highest BCUT2D eigenvalue weighted by atomic mass is 35.6. The number of ether oxygens (including phenoxy) is 7. The number of nitrogens with one attached hydrogen (secondary N) is 1. The van der Waals surface area contributed by atoms with E-state index < -0.39 is 129 Å². The van der Waals surface area contributed by atoms with Crippen molar-refractivity contribution in [3.05, 3.63) is 119 Å². The van der Waals surface area contributed by atoms with E-state index in [9.17, 15) is 34.2 Å². The van der Waals surface area contributed by atoms with E-state index >= 15 is 9.59 Å². The number of halogens is 3. The SMILES string of the molecule is CC(=O)OC1C(=O)C2(C)C(O)CC3OCC3(OC(C)=O)C2C(OC(=O)c2ccccc2)C2(O)CC(OC(=O)C(OC(=O)OCC(Cl)(Cl)Cl)C(NC(=O)c3ccccc3)c3ccccc3)C(C)=C1C2(C)C. The summed E-state index contributed by atoms with van der Waals surface area (Å²) in [4.78, 5) is 98.8. The number of hydrogen-bond donors (Lipinski definition) is 3. The van der Waals surface area contributed by atoms with Gasteiger partial charge >= 0.3 is 30.0 Å². The van der Waals surface area contributed by atoms with E-state index in [-0.39, 0.29) is 40.9 Å². The second kappa shape index (κ2) is 19.9. The molecule has 3 aromatic rings. The maximum absolute atomic E-state index is 15.7. The fourth-order valence-corrected chi connectivity index (χ4v) is 10.7. The van der Waals surface area contributed by atoms with Gasteiger partial charge in [-0.2, -0.15) is 0 Å². The molecule has 1 aliphatic heterocycles. The number of fused-ring (bicyclic) bond motifs is 5. The second-order valence-electron chi connectivity index (χ2n) is 18.6. The van der Waals surface area contributed by atoms with Gasteiger partial charge in [-0.15, -0.1) is 0 Å². The van der Waals surface area contributed by atoms with Gasteiger partial charge in [0, 0.05) is 37.7 Å². The van der Waals surface area contributed by atoms with Gasteiger partial charge in [0.15, 0.2) is 17.5 Å². The van der Waals surface area contributed by atoms with Crippen molar-refractivity contribution in [1.82, 2.24) is 5.32 Å². The third kappa shape index (κ3) is 9.76. The maximum atomic E-state index is 15.7. The van der Waals surface area contributed by atoms with E-state index in [4.69, 9.17) is 68.0 Å². The Morgan fingerprint density at radius 3 is 1.97 bits per heavy atom. The number of rotatable bonds is 12. The minimum Gasteiger partial charge on any atom is -0.455 e. The number of ketones is 1. The molecule has 7 rings (SSSR count). The Hall–Kier alpha value is -5.56. The van der Waals surface area contributed by atoms with Crippen LogP contribution in [0.5, 0.6) is 0 Å². The number of aliphatic hydroxyl groups is 2. The molecule has 2 saturated carbocycles. The molecular weight excluding hydrogens is 977 g/mol. The van der Waals surface area contributed by atoms with Crippen LogP contribution in [0, 0.1) is 16.7 Å². The molecule has 70 heavy (non-hydrogen) atoms. The molecule has 0 spiro atoms. The predicted octanol–water partition coefficient (Wildman–Crippen LogP) is 6.27. The lowest BCUT2D eigenvalue weighted by Gasteiger charge is -2.67. The summed E-state index contributed by atoms with van der Waals surface area (Å²) in [5, 5.41) is 28.8. The van der Waals surface area contributed by atoms with Gasteiger partial charge in [-0.05, 0) is 54.8 Å². The first-order valence-corrected chi connectivity index (χ1v) is 23.4. The van der Waals surface area contributed by atoms with E-state index in [2.05, 4.69) is 5.32 Å². The molecule has 17 nitrogen and oxygen atoms in total. The zero-order chi connectivity index (χ0) is 51.1. The Morgan fingerprint density at radius 1 is 0.843 bits per heavy atom. The lowest BCUT2D eigenvalue weighted by Crippen LogP contribution is -2.82. The van der Waals surface area contributed by atoms with E-state index in [1.54, 1.807) is 54.6 Å². The Morgan fingerprint density at radius 2 is 1.43 bits per heavy atom. The first kappa shape index (κ1) is 52.3. The van der Waals surface area contributed by atoms with Crippen LogP contribution < -0.4 is 5.32 Å². The van der Waals surface area contributed by atoms with Crippen molar-refractivity contribution < 1.29 is 76.9 Å². The monoisotopic (exact) mass is 1030 g/mol. The molecule has 374 valence electrons. The van der Waals surface area contributed by atoms with Crippen LogP contribution in [0.1, 0.15) is 86.7 Å². The van der Waals surface area contributed by atoms with E-state index in [0.717, 1.165) is 13.8 Å². The molecule has 2 bridgehead atoms.